The minimum absolute atomic E-state index is 0.0541. The summed E-state index contributed by atoms with van der Waals surface area (Å²) in [6.45, 7) is 11.1. The van der Waals surface area contributed by atoms with E-state index in [1.165, 1.54) is 5.01 Å². The number of carbonyl (C=O) groups excluding carboxylic acids is 1. The molecule has 1 amide bonds. The lowest BCUT2D eigenvalue weighted by molar-refractivity contribution is -0.121. The van der Waals surface area contributed by atoms with Crippen molar-refractivity contribution in [2.75, 3.05) is 20.1 Å². The number of aliphatic imine (C=N–C) groups is 1. The summed E-state index contributed by atoms with van der Waals surface area (Å²) < 4.78 is 0. The first-order valence-corrected chi connectivity index (χ1v) is 8.79. The van der Waals surface area contributed by atoms with Crippen LogP contribution in [0.15, 0.2) is 10.4 Å². The molecule has 0 saturated heterocycles. The third-order valence-electron chi connectivity index (χ3n) is 2.89. The van der Waals surface area contributed by atoms with Gasteiger partial charge in [-0.2, -0.15) is 0 Å². The quantitative estimate of drug-likeness (QED) is 0.546. The van der Waals surface area contributed by atoms with Crippen LogP contribution in [-0.4, -0.2) is 42.5 Å². The first-order chi connectivity index (χ1) is 10.7. The van der Waals surface area contributed by atoms with Crippen LogP contribution in [0, 0.1) is 0 Å². The van der Waals surface area contributed by atoms with Crippen LogP contribution in [0.3, 0.4) is 0 Å². The summed E-state index contributed by atoms with van der Waals surface area (Å²) in [6.07, 6.45) is 0.831. The molecule has 1 aromatic heterocycles. The number of nitrogens with zero attached hydrogens (tertiary/aromatic N) is 2. The van der Waals surface area contributed by atoms with E-state index in [4.69, 9.17) is 0 Å². The summed E-state index contributed by atoms with van der Waals surface area (Å²) in [5, 5.41) is 12.4. The van der Waals surface area contributed by atoms with E-state index in [9.17, 15) is 4.79 Å². The van der Waals surface area contributed by atoms with Gasteiger partial charge in [-0.05, 0) is 20.8 Å². The highest BCUT2D eigenvalue weighted by atomic mass is 32.1. The van der Waals surface area contributed by atoms with Crippen LogP contribution in [0.5, 0.6) is 0 Å². The summed E-state index contributed by atoms with van der Waals surface area (Å²) in [5.74, 6) is 1.03. The van der Waals surface area contributed by atoms with Crippen LogP contribution in [0.25, 0.3) is 0 Å². The van der Waals surface area contributed by atoms with Crippen molar-refractivity contribution in [3.8, 4) is 0 Å². The molecule has 0 aliphatic carbocycles. The zero-order valence-corrected chi connectivity index (χ0v) is 15.8. The molecule has 3 N–H and O–H groups in total. The summed E-state index contributed by atoms with van der Waals surface area (Å²) in [6, 6.07) is 0. The molecule has 7 heteroatoms. The van der Waals surface area contributed by atoms with Crippen molar-refractivity contribution < 1.29 is 4.79 Å². The monoisotopic (exact) mass is 339 g/mol. The van der Waals surface area contributed by atoms with Crippen LogP contribution in [-0.2, 0) is 11.2 Å². The van der Waals surface area contributed by atoms with E-state index in [2.05, 4.69) is 45.2 Å². The van der Waals surface area contributed by atoms with Gasteiger partial charge in [-0.1, -0.05) is 13.8 Å². The predicted octanol–water partition coefficient (Wildman–Crippen LogP) is 1.89. The van der Waals surface area contributed by atoms with E-state index in [1.807, 2.05) is 20.8 Å². The zero-order chi connectivity index (χ0) is 17.5. The molecule has 0 atom stereocenters. The van der Waals surface area contributed by atoms with Gasteiger partial charge in [0, 0.05) is 36.9 Å². The van der Waals surface area contributed by atoms with Gasteiger partial charge in [-0.25, -0.2) is 4.98 Å². The second kappa shape index (κ2) is 8.86. The molecule has 0 saturated carbocycles. The van der Waals surface area contributed by atoms with Gasteiger partial charge >= 0.3 is 0 Å². The second-order valence-corrected chi connectivity index (χ2v) is 7.62. The van der Waals surface area contributed by atoms with E-state index in [0.29, 0.717) is 11.9 Å². The number of aromatic nitrogens is 1. The molecule has 1 rings (SSSR count). The maximum atomic E-state index is 11.8. The molecule has 0 aromatic carbocycles. The van der Waals surface area contributed by atoms with Gasteiger partial charge in [-0.3, -0.25) is 9.79 Å². The highest BCUT2D eigenvalue weighted by molar-refractivity contribution is 7.09. The normalized spacial score (nSPS) is 12.4. The average Bonchev–Trinajstić information content (AvgIpc) is 2.89. The first kappa shape index (κ1) is 19.4. The van der Waals surface area contributed by atoms with Crippen molar-refractivity contribution in [1.82, 2.24) is 20.9 Å². The molecule has 23 heavy (non-hydrogen) atoms. The number of nitrogens with one attached hydrogen (secondary N) is 3. The lowest BCUT2D eigenvalue weighted by Gasteiger charge is -2.21. The van der Waals surface area contributed by atoms with Crippen molar-refractivity contribution in [2.45, 2.75) is 52.5 Å². The van der Waals surface area contributed by atoms with Crippen molar-refractivity contribution >= 4 is 23.2 Å². The maximum absolute atomic E-state index is 11.8. The van der Waals surface area contributed by atoms with Gasteiger partial charge in [0.25, 0.3) is 0 Å². The molecule has 1 heterocycles. The fraction of sp³-hybridized carbons (Fsp3) is 0.688. The Labute approximate surface area is 143 Å². The van der Waals surface area contributed by atoms with Crippen LogP contribution >= 0.6 is 11.3 Å². The molecule has 0 aliphatic rings. The third-order valence-corrected chi connectivity index (χ3v) is 4.09. The number of thiazole rings is 1. The fourth-order valence-electron chi connectivity index (χ4n) is 1.86. The summed E-state index contributed by atoms with van der Waals surface area (Å²) in [5.41, 5.74) is 0.862. The number of amides is 1. The van der Waals surface area contributed by atoms with Gasteiger partial charge in [0.2, 0.25) is 5.91 Å². The Morgan fingerprint density at radius 3 is 2.57 bits per heavy atom. The lowest BCUT2D eigenvalue weighted by Crippen LogP contribution is -2.48. The van der Waals surface area contributed by atoms with E-state index >= 15 is 0 Å². The van der Waals surface area contributed by atoms with Crippen molar-refractivity contribution in [3.05, 3.63) is 16.1 Å². The number of hydrogen-bond donors (Lipinski definition) is 3. The molecule has 0 radical (unpaired) electrons. The van der Waals surface area contributed by atoms with E-state index in [0.717, 1.165) is 18.7 Å². The first-order valence-electron chi connectivity index (χ1n) is 7.91. The predicted molar refractivity (Wildman–Crippen MR) is 97.2 cm³/mol. The van der Waals surface area contributed by atoms with Gasteiger partial charge in [0.05, 0.1) is 17.2 Å². The van der Waals surface area contributed by atoms with E-state index < -0.39 is 0 Å². The SMILES string of the molecule is CN=C(NCCc1csc(C(C)C)n1)NCC(=O)NC(C)(C)C. The van der Waals surface area contributed by atoms with Crippen molar-refractivity contribution in [1.29, 1.82) is 0 Å². The number of guanidine groups is 1. The van der Waals surface area contributed by atoms with E-state index in [-0.39, 0.29) is 18.0 Å². The van der Waals surface area contributed by atoms with Crippen LogP contribution in [0.2, 0.25) is 0 Å². The Balaban J connectivity index is 2.32. The molecular weight excluding hydrogens is 310 g/mol. The Hall–Kier alpha value is -1.63. The molecule has 0 aliphatic heterocycles. The maximum Gasteiger partial charge on any atom is 0.239 e. The zero-order valence-electron chi connectivity index (χ0n) is 15.0. The smallest absolute Gasteiger partial charge is 0.239 e. The van der Waals surface area contributed by atoms with Crippen LogP contribution in [0.1, 0.15) is 51.2 Å². The standard InChI is InChI=1S/C16H29N5OS/c1-11(2)14-20-12(10-23-14)7-8-18-15(17-6)19-9-13(22)21-16(3,4)5/h10-11H,7-9H2,1-6H3,(H,21,22)(H2,17,18,19). The highest BCUT2D eigenvalue weighted by Crippen LogP contribution is 2.19. The molecule has 0 bridgehead atoms. The Morgan fingerprint density at radius 1 is 1.35 bits per heavy atom. The van der Waals surface area contributed by atoms with Gasteiger partial charge in [0.1, 0.15) is 0 Å². The molecular formula is C16H29N5OS. The Bertz CT molecular complexity index is 531. The largest absolute Gasteiger partial charge is 0.356 e. The number of carbonyl (C=O) groups is 1. The van der Waals surface area contributed by atoms with E-state index in [1.54, 1.807) is 18.4 Å². The van der Waals surface area contributed by atoms with Crippen molar-refractivity contribution in [3.63, 3.8) is 0 Å². The molecule has 6 nitrogen and oxygen atoms in total. The molecule has 0 unspecified atom stereocenters. The van der Waals surface area contributed by atoms with Gasteiger partial charge in [-0.15, -0.1) is 11.3 Å². The fourth-order valence-corrected chi connectivity index (χ4v) is 2.73. The minimum atomic E-state index is -0.228. The van der Waals surface area contributed by atoms with Crippen LogP contribution < -0.4 is 16.0 Å². The van der Waals surface area contributed by atoms with Crippen LogP contribution in [0.4, 0.5) is 0 Å². The molecule has 0 fully saturated rings. The molecule has 130 valence electrons. The molecule has 1 aromatic rings. The summed E-state index contributed by atoms with van der Waals surface area (Å²) in [4.78, 5) is 20.5. The summed E-state index contributed by atoms with van der Waals surface area (Å²) in [7, 11) is 1.69. The minimum Gasteiger partial charge on any atom is -0.356 e. The third kappa shape index (κ3) is 7.97. The second-order valence-electron chi connectivity index (χ2n) is 6.73. The number of hydrogen-bond acceptors (Lipinski definition) is 4. The highest BCUT2D eigenvalue weighted by Gasteiger charge is 2.13. The topological polar surface area (TPSA) is 78.4 Å². The Morgan fingerprint density at radius 2 is 2.04 bits per heavy atom. The molecule has 0 spiro atoms. The van der Waals surface area contributed by atoms with Crippen molar-refractivity contribution in [2.24, 2.45) is 4.99 Å². The number of rotatable bonds is 6. The van der Waals surface area contributed by atoms with Gasteiger partial charge < -0.3 is 16.0 Å². The summed E-state index contributed by atoms with van der Waals surface area (Å²) >= 11 is 1.70. The average molecular weight is 340 g/mol. The van der Waals surface area contributed by atoms with Gasteiger partial charge in [0.15, 0.2) is 5.96 Å². The Kier molecular flexibility index (Phi) is 7.48. The lowest BCUT2D eigenvalue weighted by atomic mass is 10.1.